The Bertz CT molecular complexity index is 353. The van der Waals surface area contributed by atoms with Crippen molar-refractivity contribution in [3.8, 4) is 0 Å². The molecule has 2 atom stereocenters. The molecule has 0 amide bonds. The molecular formula is C13H19NO. The zero-order valence-electron chi connectivity index (χ0n) is 9.32. The Labute approximate surface area is 91.2 Å². The lowest BCUT2D eigenvalue weighted by atomic mass is 9.95. The predicted octanol–water partition coefficient (Wildman–Crippen LogP) is 2.99. The van der Waals surface area contributed by atoms with E-state index in [0.29, 0.717) is 6.04 Å². The lowest BCUT2D eigenvalue weighted by Crippen LogP contribution is -2.14. The molecule has 2 nitrogen and oxygen atoms in total. The maximum atomic E-state index is 9.85. The molecule has 0 aromatic carbocycles. The third-order valence-corrected chi connectivity index (χ3v) is 3.29. The van der Waals surface area contributed by atoms with Crippen molar-refractivity contribution in [2.24, 2.45) is 0 Å². The maximum absolute atomic E-state index is 9.85. The van der Waals surface area contributed by atoms with Gasteiger partial charge in [0, 0.05) is 23.5 Å². The van der Waals surface area contributed by atoms with E-state index in [-0.39, 0.29) is 6.10 Å². The first-order valence-corrected chi connectivity index (χ1v) is 5.72. The first kappa shape index (κ1) is 10.5. The molecule has 1 aromatic heterocycles. The fourth-order valence-electron chi connectivity index (χ4n) is 2.46. The molecular weight excluding hydrogens is 186 g/mol. The highest BCUT2D eigenvalue weighted by molar-refractivity contribution is 5.27. The Morgan fingerprint density at radius 2 is 2.53 bits per heavy atom. The van der Waals surface area contributed by atoms with Crippen LogP contribution in [0.4, 0.5) is 0 Å². The van der Waals surface area contributed by atoms with Gasteiger partial charge < -0.3 is 9.67 Å². The van der Waals surface area contributed by atoms with Crippen LogP contribution in [0, 0.1) is 0 Å². The summed E-state index contributed by atoms with van der Waals surface area (Å²) in [6.45, 7) is 5.97. The van der Waals surface area contributed by atoms with Crippen LogP contribution in [0.15, 0.2) is 24.9 Å². The number of hydrogen-bond donors (Lipinski definition) is 1. The molecule has 0 bridgehead atoms. The highest BCUT2D eigenvalue weighted by Gasteiger charge is 2.22. The maximum Gasteiger partial charge on any atom is 0.0807 e. The molecule has 2 heteroatoms. The highest BCUT2D eigenvalue weighted by Crippen LogP contribution is 2.32. The predicted molar refractivity (Wildman–Crippen MR) is 61.9 cm³/mol. The summed E-state index contributed by atoms with van der Waals surface area (Å²) in [4.78, 5) is 0. The third kappa shape index (κ3) is 1.86. The Morgan fingerprint density at radius 3 is 3.27 bits per heavy atom. The normalized spacial score (nSPS) is 22.1. The second-order valence-corrected chi connectivity index (χ2v) is 4.41. The van der Waals surface area contributed by atoms with Crippen molar-refractivity contribution in [2.45, 2.75) is 44.8 Å². The molecule has 2 unspecified atom stereocenters. The van der Waals surface area contributed by atoms with Crippen LogP contribution in [0.3, 0.4) is 0 Å². The van der Waals surface area contributed by atoms with Gasteiger partial charge in [0.15, 0.2) is 0 Å². The summed E-state index contributed by atoms with van der Waals surface area (Å²) >= 11 is 0. The minimum absolute atomic E-state index is 0.245. The first-order chi connectivity index (χ1) is 7.24. The first-order valence-electron chi connectivity index (χ1n) is 5.72. The molecule has 0 saturated carbocycles. The summed E-state index contributed by atoms with van der Waals surface area (Å²) in [6.07, 6.45) is 7.90. The van der Waals surface area contributed by atoms with Crippen molar-refractivity contribution in [3.63, 3.8) is 0 Å². The smallest absolute Gasteiger partial charge is 0.0807 e. The second-order valence-electron chi connectivity index (χ2n) is 4.41. The fourth-order valence-corrected chi connectivity index (χ4v) is 2.46. The Hall–Kier alpha value is -1.02. The fraction of sp³-hybridized carbons (Fsp3) is 0.538. The topological polar surface area (TPSA) is 25.2 Å². The van der Waals surface area contributed by atoms with Crippen LogP contribution in [0.2, 0.25) is 0 Å². The quantitative estimate of drug-likeness (QED) is 0.754. The van der Waals surface area contributed by atoms with E-state index in [0.717, 1.165) is 31.2 Å². The summed E-state index contributed by atoms with van der Waals surface area (Å²) in [5.74, 6) is 0. The molecule has 0 spiro atoms. The van der Waals surface area contributed by atoms with Gasteiger partial charge in [0.25, 0.3) is 0 Å². The van der Waals surface area contributed by atoms with E-state index in [9.17, 15) is 5.11 Å². The molecule has 0 aliphatic heterocycles. The number of fused-ring (bicyclic) bond motifs is 1. The zero-order chi connectivity index (χ0) is 10.8. The minimum atomic E-state index is -0.245. The molecule has 0 saturated heterocycles. The molecule has 1 N–H and O–H groups in total. The summed E-state index contributed by atoms with van der Waals surface area (Å²) in [7, 11) is 0. The van der Waals surface area contributed by atoms with Gasteiger partial charge in [-0.15, -0.1) is 6.58 Å². The largest absolute Gasteiger partial charge is 0.388 e. The lowest BCUT2D eigenvalue weighted by Gasteiger charge is -2.22. The summed E-state index contributed by atoms with van der Waals surface area (Å²) in [5.41, 5.74) is 2.46. The van der Waals surface area contributed by atoms with E-state index in [1.54, 1.807) is 0 Å². The molecule has 15 heavy (non-hydrogen) atoms. The van der Waals surface area contributed by atoms with Gasteiger partial charge in [-0.05, 0) is 38.7 Å². The number of aliphatic hydroxyl groups is 1. The van der Waals surface area contributed by atoms with E-state index >= 15 is 0 Å². The van der Waals surface area contributed by atoms with Crippen molar-refractivity contribution in [1.29, 1.82) is 0 Å². The van der Waals surface area contributed by atoms with Gasteiger partial charge in [0.1, 0.15) is 0 Å². The number of aliphatic hydroxyl groups excluding tert-OH is 1. The third-order valence-electron chi connectivity index (χ3n) is 3.29. The van der Waals surface area contributed by atoms with Gasteiger partial charge in [0.2, 0.25) is 0 Å². The molecule has 2 rings (SSSR count). The standard InChI is InChI=1S/C13H19NO/c1-3-5-10(2)14-9-8-11-12(14)6-4-7-13(11)15/h3,8-10,13,15H,1,4-7H2,2H3. The van der Waals surface area contributed by atoms with Crippen molar-refractivity contribution in [1.82, 2.24) is 4.57 Å². The van der Waals surface area contributed by atoms with Crippen LogP contribution in [0.25, 0.3) is 0 Å². The summed E-state index contributed by atoms with van der Waals surface area (Å²) in [6, 6.07) is 2.52. The van der Waals surface area contributed by atoms with E-state index in [1.807, 2.05) is 6.08 Å². The van der Waals surface area contributed by atoms with Crippen LogP contribution >= 0.6 is 0 Å². The Kier molecular flexibility index (Phi) is 2.96. The summed E-state index contributed by atoms with van der Waals surface area (Å²) in [5, 5.41) is 9.85. The van der Waals surface area contributed by atoms with Crippen molar-refractivity contribution < 1.29 is 5.11 Å². The highest BCUT2D eigenvalue weighted by atomic mass is 16.3. The molecule has 0 fully saturated rings. The van der Waals surface area contributed by atoms with Gasteiger partial charge in [-0.3, -0.25) is 0 Å². The van der Waals surface area contributed by atoms with E-state index in [4.69, 9.17) is 0 Å². The monoisotopic (exact) mass is 205 g/mol. The van der Waals surface area contributed by atoms with Crippen molar-refractivity contribution in [2.75, 3.05) is 0 Å². The average Bonchev–Trinajstić information content (AvgIpc) is 2.63. The average molecular weight is 205 g/mol. The van der Waals surface area contributed by atoms with Gasteiger partial charge >= 0.3 is 0 Å². The number of aromatic nitrogens is 1. The van der Waals surface area contributed by atoms with Crippen LogP contribution in [0.1, 0.15) is 49.6 Å². The van der Waals surface area contributed by atoms with Gasteiger partial charge in [-0.1, -0.05) is 6.08 Å². The van der Waals surface area contributed by atoms with Gasteiger partial charge in [-0.25, -0.2) is 0 Å². The van der Waals surface area contributed by atoms with Crippen LogP contribution in [-0.2, 0) is 6.42 Å². The zero-order valence-corrected chi connectivity index (χ0v) is 9.32. The SMILES string of the molecule is C=CCC(C)n1ccc2c1CCCC2O. The van der Waals surface area contributed by atoms with Crippen molar-refractivity contribution >= 4 is 0 Å². The van der Waals surface area contributed by atoms with E-state index in [2.05, 4.69) is 30.3 Å². The Balaban J connectivity index is 2.30. The molecule has 82 valence electrons. The van der Waals surface area contributed by atoms with E-state index in [1.165, 1.54) is 5.69 Å². The van der Waals surface area contributed by atoms with Crippen LogP contribution in [-0.4, -0.2) is 9.67 Å². The molecule has 1 heterocycles. The van der Waals surface area contributed by atoms with E-state index < -0.39 is 0 Å². The lowest BCUT2D eigenvalue weighted by molar-refractivity contribution is 0.155. The number of allylic oxidation sites excluding steroid dienone is 1. The number of rotatable bonds is 3. The van der Waals surface area contributed by atoms with Gasteiger partial charge in [-0.2, -0.15) is 0 Å². The molecule has 1 aliphatic carbocycles. The number of hydrogen-bond acceptors (Lipinski definition) is 1. The molecule has 1 aromatic rings. The summed E-state index contributed by atoms with van der Waals surface area (Å²) < 4.78 is 2.29. The second kappa shape index (κ2) is 4.23. The van der Waals surface area contributed by atoms with Crippen molar-refractivity contribution in [3.05, 3.63) is 36.2 Å². The van der Waals surface area contributed by atoms with Crippen LogP contribution in [0.5, 0.6) is 0 Å². The minimum Gasteiger partial charge on any atom is -0.388 e. The van der Waals surface area contributed by atoms with Gasteiger partial charge in [0.05, 0.1) is 6.10 Å². The Morgan fingerprint density at radius 1 is 1.73 bits per heavy atom. The number of nitrogens with zero attached hydrogens (tertiary/aromatic N) is 1. The molecule has 1 aliphatic rings. The van der Waals surface area contributed by atoms with Crippen LogP contribution < -0.4 is 0 Å². The molecule has 0 radical (unpaired) electrons.